The summed E-state index contributed by atoms with van der Waals surface area (Å²) in [7, 11) is 0. The summed E-state index contributed by atoms with van der Waals surface area (Å²) in [5, 5.41) is 11.6. The fourth-order valence-electron chi connectivity index (χ4n) is 1.47. The highest BCUT2D eigenvalue weighted by Crippen LogP contribution is 2.20. The van der Waals surface area contributed by atoms with E-state index in [1.54, 1.807) is 19.2 Å². The van der Waals surface area contributed by atoms with Crippen molar-refractivity contribution < 1.29 is 9.90 Å². The molecule has 1 unspecified atom stereocenters. The van der Waals surface area contributed by atoms with Crippen LogP contribution in [0.2, 0.25) is 0 Å². The summed E-state index contributed by atoms with van der Waals surface area (Å²) in [6.45, 7) is 3.57. The summed E-state index contributed by atoms with van der Waals surface area (Å²) >= 11 is 1.04. The predicted octanol–water partition coefficient (Wildman–Crippen LogP) is 1.30. The molecular formula is C13H14N4O3S. The second-order valence-electron chi connectivity index (χ2n) is 4.38. The molecule has 0 bridgehead atoms. The molecule has 2 aromatic heterocycles. The third kappa shape index (κ3) is 4.32. The summed E-state index contributed by atoms with van der Waals surface area (Å²) in [5.41, 5.74) is 0.523. The van der Waals surface area contributed by atoms with Gasteiger partial charge in [-0.25, -0.2) is 4.98 Å². The first-order valence-electron chi connectivity index (χ1n) is 6.14. The number of hydrogen-bond donors (Lipinski definition) is 3. The standard InChI is InChI=1S/C13H14N4O3S/c1-7-3-4-9(14-6-7)15-12(20)8(2)21-13-16-10(18)5-11(19)17-13/h3-6,8H,1-2H3,(H,14,15,20)(H2,16,17,18,19). The molecule has 0 aliphatic heterocycles. The number of hydrogen-bond acceptors (Lipinski definition) is 6. The van der Waals surface area contributed by atoms with Gasteiger partial charge < -0.3 is 15.4 Å². The largest absolute Gasteiger partial charge is 0.493 e. The Bertz CT molecular complexity index is 699. The average molecular weight is 306 g/mol. The Labute approximate surface area is 124 Å². The highest BCUT2D eigenvalue weighted by atomic mass is 32.2. The lowest BCUT2D eigenvalue weighted by molar-refractivity contribution is -0.115. The Morgan fingerprint density at radius 3 is 2.86 bits per heavy atom. The Balaban J connectivity index is 2.02. The van der Waals surface area contributed by atoms with Gasteiger partial charge >= 0.3 is 0 Å². The van der Waals surface area contributed by atoms with Crippen LogP contribution in [0, 0.1) is 6.92 Å². The van der Waals surface area contributed by atoms with Crippen molar-refractivity contribution in [1.82, 2.24) is 15.0 Å². The van der Waals surface area contributed by atoms with E-state index in [4.69, 9.17) is 0 Å². The van der Waals surface area contributed by atoms with Crippen LogP contribution in [-0.4, -0.2) is 31.2 Å². The number of thioether (sulfide) groups is 1. The molecule has 2 heterocycles. The highest BCUT2D eigenvalue weighted by Gasteiger charge is 2.16. The lowest BCUT2D eigenvalue weighted by atomic mass is 10.3. The number of carbonyl (C=O) groups excluding carboxylic acids is 1. The molecule has 2 rings (SSSR count). The van der Waals surface area contributed by atoms with Crippen molar-refractivity contribution >= 4 is 23.5 Å². The molecule has 110 valence electrons. The molecule has 0 saturated carbocycles. The van der Waals surface area contributed by atoms with Gasteiger partial charge in [0.1, 0.15) is 5.82 Å². The van der Waals surface area contributed by atoms with Crippen molar-refractivity contribution in [2.24, 2.45) is 0 Å². The van der Waals surface area contributed by atoms with Gasteiger partial charge in [-0.15, -0.1) is 0 Å². The number of aryl methyl sites for hydroxylation is 1. The number of H-pyrrole nitrogens is 1. The molecule has 21 heavy (non-hydrogen) atoms. The third-order valence-corrected chi connectivity index (χ3v) is 3.51. The van der Waals surface area contributed by atoms with Gasteiger partial charge in [0.2, 0.25) is 11.8 Å². The molecular weight excluding hydrogens is 292 g/mol. The molecule has 0 aliphatic rings. The molecule has 0 saturated heterocycles. The number of rotatable bonds is 4. The molecule has 0 fully saturated rings. The summed E-state index contributed by atoms with van der Waals surface area (Å²) in [6, 6.07) is 4.51. The van der Waals surface area contributed by atoms with Crippen LogP contribution in [0.4, 0.5) is 5.82 Å². The lowest BCUT2D eigenvalue weighted by Gasteiger charge is -2.10. The van der Waals surface area contributed by atoms with E-state index >= 15 is 0 Å². The molecule has 0 aliphatic carbocycles. The second-order valence-corrected chi connectivity index (χ2v) is 5.71. The number of aromatic hydroxyl groups is 1. The normalized spacial score (nSPS) is 11.9. The first-order valence-corrected chi connectivity index (χ1v) is 7.02. The van der Waals surface area contributed by atoms with Gasteiger partial charge in [0.15, 0.2) is 5.16 Å². The van der Waals surface area contributed by atoms with Crippen LogP contribution in [0.25, 0.3) is 0 Å². The topological polar surface area (TPSA) is 108 Å². The quantitative estimate of drug-likeness (QED) is 0.580. The molecule has 1 atom stereocenters. The molecule has 0 radical (unpaired) electrons. The van der Waals surface area contributed by atoms with E-state index in [1.807, 2.05) is 13.0 Å². The van der Waals surface area contributed by atoms with Crippen LogP contribution in [0.15, 0.2) is 34.3 Å². The second kappa shape index (κ2) is 6.40. The number of aromatic nitrogens is 3. The van der Waals surface area contributed by atoms with Crippen LogP contribution in [0.5, 0.6) is 5.88 Å². The monoisotopic (exact) mass is 306 g/mol. The van der Waals surface area contributed by atoms with Crippen LogP contribution in [-0.2, 0) is 4.79 Å². The minimum Gasteiger partial charge on any atom is -0.493 e. The maximum atomic E-state index is 12.0. The van der Waals surface area contributed by atoms with Gasteiger partial charge in [0.25, 0.3) is 5.56 Å². The summed E-state index contributed by atoms with van der Waals surface area (Å²) in [5.74, 6) is -0.202. The molecule has 1 amide bonds. The molecule has 2 aromatic rings. The number of amides is 1. The zero-order valence-corrected chi connectivity index (χ0v) is 12.3. The minimum atomic E-state index is -0.516. The van der Waals surface area contributed by atoms with E-state index in [9.17, 15) is 14.7 Å². The van der Waals surface area contributed by atoms with Crippen molar-refractivity contribution in [2.45, 2.75) is 24.3 Å². The number of aromatic amines is 1. The Hall–Kier alpha value is -2.35. The number of nitrogens with one attached hydrogen (secondary N) is 2. The van der Waals surface area contributed by atoms with Crippen molar-refractivity contribution in [2.75, 3.05) is 5.32 Å². The minimum absolute atomic E-state index is 0.180. The molecule has 0 spiro atoms. The summed E-state index contributed by atoms with van der Waals surface area (Å²) in [4.78, 5) is 33.5. The zero-order chi connectivity index (χ0) is 15.4. The Kier molecular flexibility index (Phi) is 4.59. The first-order chi connectivity index (χ1) is 9.94. The summed E-state index contributed by atoms with van der Waals surface area (Å²) in [6.07, 6.45) is 1.65. The first kappa shape index (κ1) is 15.0. The number of nitrogens with zero attached hydrogens (tertiary/aromatic N) is 2. The lowest BCUT2D eigenvalue weighted by Crippen LogP contribution is -2.23. The van der Waals surface area contributed by atoms with Gasteiger partial charge in [0, 0.05) is 6.20 Å². The molecule has 0 aromatic carbocycles. The van der Waals surface area contributed by atoms with Crippen LogP contribution >= 0.6 is 11.8 Å². The number of pyridine rings is 1. The van der Waals surface area contributed by atoms with E-state index in [1.165, 1.54) is 0 Å². The van der Waals surface area contributed by atoms with Crippen LogP contribution in [0.3, 0.4) is 0 Å². The van der Waals surface area contributed by atoms with Gasteiger partial charge in [-0.2, -0.15) is 4.98 Å². The SMILES string of the molecule is Cc1ccc(NC(=O)C(C)Sc2nc(O)cc(=O)[nH]2)nc1. The van der Waals surface area contributed by atoms with E-state index < -0.39 is 10.8 Å². The van der Waals surface area contributed by atoms with Gasteiger partial charge in [-0.3, -0.25) is 9.59 Å². The van der Waals surface area contributed by atoms with E-state index in [0.29, 0.717) is 5.82 Å². The highest BCUT2D eigenvalue weighted by molar-refractivity contribution is 8.00. The van der Waals surface area contributed by atoms with E-state index in [0.717, 1.165) is 23.4 Å². The zero-order valence-electron chi connectivity index (χ0n) is 11.5. The molecule has 7 nitrogen and oxygen atoms in total. The van der Waals surface area contributed by atoms with Gasteiger partial charge in [-0.05, 0) is 25.5 Å². The number of carbonyl (C=O) groups is 1. The van der Waals surface area contributed by atoms with Gasteiger partial charge in [0.05, 0.1) is 11.3 Å². The molecule has 8 heteroatoms. The fourth-order valence-corrected chi connectivity index (χ4v) is 2.28. The van der Waals surface area contributed by atoms with Gasteiger partial charge in [-0.1, -0.05) is 17.8 Å². The maximum absolute atomic E-state index is 12.0. The van der Waals surface area contributed by atoms with E-state index in [2.05, 4.69) is 20.3 Å². The average Bonchev–Trinajstić information content (AvgIpc) is 2.40. The maximum Gasteiger partial charge on any atom is 0.255 e. The van der Waals surface area contributed by atoms with E-state index in [-0.39, 0.29) is 16.9 Å². The fraction of sp³-hybridized carbons (Fsp3) is 0.231. The van der Waals surface area contributed by atoms with Crippen LogP contribution < -0.4 is 10.9 Å². The Morgan fingerprint density at radius 2 is 2.24 bits per heavy atom. The van der Waals surface area contributed by atoms with Crippen molar-refractivity contribution in [3.8, 4) is 5.88 Å². The third-order valence-electron chi connectivity index (χ3n) is 2.53. The predicted molar refractivity (Wildman–Crippen MR) is 79.4 cm³/mol. The summed E-state index contributed by atoms with van der Waals surface area (Å²) < 4.78 is 0. The smallest absolute Gasteiger partial charge is 0.255 e. The van der Waals surface area contributed by atoms with Crippen molar-refractivity contribution in [1.29, 1.82) is 0 Å². The van der Waals surface area contributed by atoms with Crippen LogP contribution in [0.1, 0.15) is 12.5 Å². The Morgan fingerprint density at radius 1 is 1.48 bits per heavy atom. The molecule has 3 N–H and O–H groups in total. The van der Waals surface area contributed by atoms with Crippen molar-refractivity contribution in [3.63, 3.8) is 0 Å². The number of anilines is 1. The van der Waals surface area contributed by atoms with Crippen molar-refractivity contribution in [3.05, 3.63) is 40.3 Å².